The predicted molar refractivity (Wildman–Crippen MR) is 99.8 cm³/mol. The Hall–Kier alpha value is -2.28. The van der Waals surface area contributed by atoms with Gasteiger partial charge in [0.1, 0.15) is 12.4 Å². The molecule has 25 heavy (non-hydrogen) atoms. The summed E-state index contributed by atoms with van der Waals surface area (Å²) in [6.07, 6.45) is 2.81. The van der Waals surface area contributed by atoms with Crippen molar-refractivity contribution in [3.8, 4) is 17.0 Å². The van der Waals surface area contributed by atoms with Gasteiger partial charge < -0.3 is 15.2 Å². The van der Waals surface area contributed by atoms with Crippen molar-refractivity contribution in [2.75, 3.05) is 19.7 Å². The molecule has 0 aliphatic carbocycles. The second kappa shape index (κ2) is 8.71. The van der Waals surface area contributed by atoms with Gasteiger partial charge in [-0.25, -0.2) is 4.98 Å². The number of nitrogens with zero attached hydrogens (tertiary/aromatic N) is 2. The number of thiazole rings is 1. The lowest BCUT2D eigenvalue weighted by molar-refractivity contribution is 0.171. The number of aryl methyl sites for hydroxylation is 1. The van der Waals surface area contributed by atoms with Gasteiger partial charge in [0.25, 0.3) is 0 Å². The maximum absolute atomic E-state index is 10.0. The SMILES string of the molecule is Cc1nc(-c2ccc(OCCNC[C@H](O)c3cccnc3)cc2)cs1. The van der Waals surface area contributed by atoms with Gasteiger partial charge in [-0.15, -0.1) is 11.3 Å². The van der Waals surface area contributed by atoms with E-state index in [2.05, 4.69) is 20.7 Å². The zero-order chi connectivity index (χ0) is 17.5. The number of benzene rings is 1. The number of nitrogens with one attached hydrogen (secondary N) is 1. The average Bonchev–Trinajstić information content (AvgIpc) is 3.09. The van der Waals surface area contributed by atoms with Crippen LogP contribution in [0.4, 0.5) is 0 Å². The smallest absolute Gasteiger partial charge is 0.119 e. The lowest BCUT2D eigenvalue weighted by atomic mass is 10.1. The molecule has 3 aromatic rings. The summed E-state index contributed by atoms with van der Waals surface area (Å²) in [5.74, 6) is 0.824. The van der Waals surface area contributed by atoms with Crippen molar-refractivity contribution in [2.24, 2.45) is 0 Å². The number of aromatic nitrogens is 2. The van der Waals surface area contributed by atoms with Crippen molar-refractivity contribution >= 4 is 11.3 Å². The van der Waals surface area contributed by atoms with Crippen LogP contribution in [0.3, 0.4) is 0 Å². The van der Waals surface area contributed by atoms with Crippen molar-refractivity contribution < 1.29 is 9.84 Å². The summed E-state index contributed by atoms with van der Waals surface area (Å²) >= 11 is 1.65. The Morgan fingerprint density at radius 1 is 1.24 bits per heavy atom. The summed E-state index contributed by atoms with van der Waals surface area (Å²) < 4.78 is 5.72. The van der Waals surface area contributed by atoms with Crippen LogP contribution in [-0.4, -0.2) is 34.8 Å². The van der Waals surface area contributed by atoms with Crippen LogP contribution < -0.4 is 10.1 Å². The molecule has 0 amide bonds. The number of ether oxygens (including phenoxy) is 1. The minimum Gasteiger partial charge on any atom is -0.492 e. The zero-order valence-corrected chi connectivity index (χ0v) is 14.9. The van der Waals surface area contributed by atoms with Crippen LogP contribution in [0.5, 0.6) is 5.75 Å². The van der Waals surface area contributed by atoms with Crippen molar-refractivity contribution in [3.63, 3.8) is 0 Å². The minimum absolute atomic E-state index is 0.469. The molecule has 3 rings (SSSR count). The van der Waals surface area contributed by atoms with Crippen LogP contribution in [-0.2, 0) is 0 Å². The van der Waals surface area contributed by atoms with Crippen molar-refractivity contribution in [2.45, 2.75) is 13.0 Å². The summed E-state index contributed by atoms with van der Waals surface area (Å²) in [4.78, 5) is 8.48. The minimum atomic E-state index is -0.561. The van der Waals surface area contributed by atoms with Crippen LogP contribution in [0.2, 0.25) is 0 Å². The molecule has 0 saturated carbocycles. The van der Waals surface area contributed by atoms with E-state index in [1.807, 2.05) is 43.3 Å². The van der Waals surface area contributed by atoms with E-state index in [1.54, 1.807) is 23.7 Å². The predicted octanol–water partition coefficient (Wildman–Crippen LogP) is 3.22. The van der Waals surface area contributed by atoms with Crippen LogP contribution in [0.1, 0.15) is 16.7 Å². The fraction of sp³-hybridized carbons (Fsp3) is 0.263. The van der Waals surface area contributed by atoms with E-state index >= 15 is 0 Å². The van der Waals surface area contributed by atoms with Crippen molar-refractivity contribution in [1.82, 2.24) is 15.3 Å². The van der Waals surface area contributed by atoms with Gasteiger partial charge in [0.2, 0.25) is 0 Å². The quantitative estimate of drug-likeness (QED) is 0.607. The molecular formula is C19H21N3O2S. The Kier molecular flexibility index (Phi) is 6.11. The van der Waals surface area contributed by atoms with E-state index in [4.69, 9.17) is 4.74 Å². The summed E-state index contributed by atoms with van der Waals surface area (Å²) in [6.45, 7) is 3.67. The van der Waals surface area contributed by atoms with Crippen LogP contribution >= 0.6 is 11.3 Å². The molecule has 0 unspecified atom stereocenters. The van der Waals surface area contributed by atoms with E-state index in [-0.39, 0.29) is 0 Å². The molecule has 0 saturated heterocycles. The molecule has 130 valence electrons. The van der Waals surface area contributed by atoms with Crippen molar-refractivity contribution in [3.05, 3.63) is 64.7 Å². The van der Waals surface area contributed by atoms with E-state index in [1.165, 1.54) is 0 Å². The Bertz CT molecular complexity index is 775. The highest BCUT2D eigenvalue weighted by Crippen LogP contribution is 2.23. The summed E-state index contributed by atoms with van der Waals surface area (Å²) in [5, 5.41) is 16.3. The molecular weight excluding hydrogens is 334 g/mol. The highest BCUT2D eigenvalue weighted by atomic mass is 32.1. The zero-order valence-electron chi connectivity index (χ0n) is 14.1. The highest BCUT2D eigenvalue weighted by molar-refractivity contribution is 7.09. The van der Waals surface area contributed by atoms with Gasteiger partial charge in [-0.2, -0.15) is 0 Å². The molecule has 0 fully saturated rings. The lowest BCUT2D eigenvalue weighted by Gasteiger charge is -2.12. The van der Waals surface area contributed by atoms with Crippen LogP contribution in [0.25, 0.3) is 11.3 Å². The van der Waals surface area contributed by atoms with E-state index in [0.29, 0.717) is 19.7 Å². The molecule has 1 aromatic carbocycles. The average molecular weight is 355 g/mol. The molecule has 2 N–H and O–H groups in total. The third-order valence-corrected chi connectivity index (χ3v) is 4.50. The number of aliphatic hydroxyl groups excluding tert-OH is 1. The van der Waals surface area contributed by atoms with E-state index < -0.39 is 6.10 Å². The normalized spacial score (nSPS) is 12.1. The van der Waals surface area contributed by atoms with E-state index in [9.17, 15) is 5.11 Å². The second-order valence-corrected chi connectivity index (χ2v) is 6.69. The van der Waals surface area contributed by atoms with Crippen LogP contribution in [0, 0.1) is 6.92 Å². The Balaban J connectivity index is 1.39. The number of pyridine rings is 1. The van der Waals surface area contributed by atoms with Gasteiger partial charge in [0.05, 0.1) is 16.8 Å². The molecule has 5 nitrogen and oxygen atoms in total. The third-order valence-electron chi connectivity index (χ3n) is 3.72. The van der Waals surface area contributed by atoms with E-state index in [0.717, 1.165) is 27.6 Å². The van der Waals surface area contributed by atoms with Gasteiger partial charge in [-0.05, 0) is 37.3 Å². The fourth-order valence-electron chi connectivity index (χ4n) is 2.39. The Morgan fingerprint density at radius 2 is 2.08 bits per heavy atom. The van der Waals surface area contributed by atoms with Gasteiger partial charge in [0.15, 0.2) is 0 Å². The van der Waals surface area contributed by atoms with Gasteiger partial charge in [-0.1, -0.05) is 6.07 Å². The number of hydrogen-bond acceptors (Lipinski definition) is 6. The Morgan fingerprint density at radius 3 is 2.76 bits per heavy atom. The molecule has 0 aliphatic rings. The molecule has 0 radical (unpaired) electrons. The van der Waals surface area contributed by atoms with Crippen molar-refractivity contribution in [1.29, 1.82) is 0 Å². The first kappa shape index (κ1) is 17.5. The molecule has 0 aliphatic heterocycles. The summed E-state index contributed by atoms with van der Waals surface area (Å²) in [7, 11) is 0. The molecule has 1 atom stereocenters. The monoisotopic (exact) mass is 355 g/mol. The summed E-state index contributed by atoms with van der Waals surface area (Å²) in [6, 6.07) is 11.6. The largest absolute Gasteiger partial charge is 0.492 e. The fourth-order valence-corrected chi connectivity index (χ4v) is 3.01. The molecule has 0 spiro atoms. The van der Waals surface area contributed by atoms with Gasteiger partial charge >= 0.3 is 0 Å². The molecule has 0 bridgehead atoms. The maximum Gasteiger partial charge on any atom is 0.119 e. The third kappa shape index (κ3) is 5.09. The first-order valence-electron chi connectivity index (χ1n) is 8.16. The molecule has 2 heterocycles. The second-order valence-electron chi connectivity index (χ2n) is 5.63. The molecule has 6 heteroatoms. The Labute approximate surface area is 151 Å². The standard InChI is InChI=1S/C19H21N3O2S/c1-14-22-18(13-25-14)15-4-6-17(7-5-15)24-10-9-21-12-19(23)16-3-2-8-20-11-16/h2-8,11,13,19,21,23H,9-10,12H2,1H3/t19-/m0/s1. The summed E-state index contributed by atoms with van der Waals surface area (Å²) in [5.41, 5.74) is 2.90. The lowest BCUT2D eigenvalue weighted by Crippen LogP contribution is -2.26. The van der Waals surface area contributed by atoms with Gasteiger partial charge in [-0.3, -0.25) is 4.98 Å². The number of rotatable bonds is 8. The maximum atomic E-state index is 10.0. The highest BCUT2D eigenvalue weighted by Gasteiger charge is 2.06. The van der Waals surface area contributed by atoms with Crippen LogP contribution in [0.15, 0.2) is 54.2 Å². The number of aliphatic hydroxyl groups is 1. The first-order chi connectivity index (χ1) is 12.2. The molecule has 2 aromatic heterocycles. The number of hydrogen-bond donors (Lipinski definition) is 2. The van der Waals surface area contributed by atoms with Gasteiger partial charge in [0, 0.05) is 42.0 Å². The first-order valence-corrected chi connectivity index (χ1v) is 9.04. The topological polar surface area (TPSA) is 67.3 Å².